The first-order chi connectivity index (χ1) is 8.11. The standard InChI is InChI=1S/C16H17B/c1-4-13-9-12(3)16(15(17)10-13)14-7-5-11(2)6-8-14/h5-10H,4H2,1-3H3. The summed E-state index contributed by atoms with van der Waals surface area (Å²) < 4.78 is 0. The Kier molecular flexibility index (Phi) is 3.37. The van der Waals surface area contributed by atoms with Gasteiger partial charge < -0.3 is 0 Å². The summed E-state index contributed by atoms with van der Waals surface area (Å²) in [7, 11) is 6.17. The van der Waals surface area contributed by atoms with Crippen molar-refractivity contribution in [1.82, 2.24) is 0 Å². The zero-order chi connectivity index (χ0) is 12.4. The summed E-state index contributed by atoms with van der Waals surface area (Å²) in [6.45, 7) is 6.38. The number of rotatable bonds is 2. The van der Waals surface area contributed by atoms with Crippen LogP contribution in [0.4, 0.5) is 0 Å². The van der Waals surface area contributed by atoms with E-state index in [0.29, 0.717) is 0 Å². The zero-order valence-electron chi connectivity index (χ0n) is 10.7. The molecule has 0 fully saturated rings. The van der Waals surface area contributed by atoms with E-state index < -0.39 is 0 Å². The lowest BCUT2D eigenvalue weighted by Gasteiger charge is -2.13. The summed E-state index contributed by atoms with van der Waals surface area (Å²) in [4.78, 5) is 0. The molecule has 0 amide bonds. The minimum atomic E-state index is 0.880. The molecule has 0 nitrogen and oxygen atoms in total. The highest BCUT2D eigenvalue weighted by Gasteiger charge is 2.06. The molecule has 0 atom stereocenters. The fourth-order valence-electron chi connectivity index (χ4n) is 2.21. The minimum absolute atomic E-state index is 0.880. The van der Waals surface area contributed by atoms with E-state index in [9.17, 15) is 0 Å². The molecule has 17 heavy (non-hydrogen) atoms. The Morgan fingerprint density at radius 3 is 2.18 bits per heavy atom. The maximum absolute atomic E-state index is 6.17. The van der Waals surface area contributed by atoms with E-state index in [4.69, 9.17) is 7.85 Å². The van der Waals surface area contributed by atoms with E-state index in [1.807, 2.05) is 0 Å². The molecule has 0 aliphatic carbocycles. The van der Waals surface area contributed by atoms with Gasteiger partial charge in [0.15, 0.2) is 0 Å². The van der Waals surface area contributed by atoms with Crippen molar-refractivity contribution in [2.75, 3.05) is 0 Å². The average molecular weight is 220 g/mol. The number of aryl methyl sites for hydroxylation is 3. The molecule has 0 N–H and O–H groups in total. The Hall–Kier alpha value is -1.50. The van der Waals surface area contributed by atoms with Crippen LogP contribution < -0.4 is 5.46 Å². The first kappa shape index (κ1) is 12.0. The molecule has 0 aliphatic heterocycles. The van der Waals surface area contributed by atoms with Crippen LogP contribution in [0.1, 0.15) is 23.6 Å². The molecule has 0 bridgehead atoms. The monoisotopic (exact) mass is 220 g/mol. The first-order valence-electron chi connectivity index (χ1n) is 6.08. The maximum Gasteiger partial charge on any atom is 0.114 e. The highest BCUT2D eigenvalue weighted by atomic mass is 14.1. The Morgan fingerprint density at radius 2 is 1.65 bits per heavy atom. The van der Waals surface area contributed by atoms with Gasteiger partial charge in [-0.2, -0.15) is 0 Å². The average Bonchev–Trinajstić information content (AvgIpc) is 2.30. The summed E-state index contributed by atoms with van der Waals surface area (Å²) in [6.07, 6.45) is 1.03. The lowest BCUT2D eigenvalue weighted by molar-refractivity contribution is 1.14. The first-order valence-corrected chi connectivity index (χ1v) is 6.08. The predicted octanol–water partition coefficient (Wildman–Crippen LogP) is 3.33. The molecule has 2 aromatic carbocycles. The van der Waals surface area contributed by atoms with Crippen LogP contribution in [-0.2, 0) is 6.42 Å². The van der Waals surface area contributed by atoms with Crippen molar-refractivity contribution < 1.29 is 0 Å². The third kappa shape index (κ3) is 2.44. The lowest BCUT2D eigenvalue weighted by Crippen LogP contribution is -2.10. The van der Waals surface area contributed by atoms with Crippen molar-refractivity contribution in [3.63, 3.8) is 0 Å². The largest absolute Gasteiger partial charge is 0.114 e. The van der Waals surface area contributed by atoms with Crippen LogP contribution in [0.3, 0.4) is 0 Å². The third-order valence-electron chi connectivity index (χ3n) is 3.17. The summed E-state index contributed by atoms with van der Waals surface area (Å²) in [5, 5.41) is 0. The number of hydrogen-bond donors (Lipinski definition) is 0. The molecule has 0 spiro atoms. The Bertz CT molecular complexity index is 501. The minimum Gasteiger partial charge on any atom is -0.0884 e. The van der Waals surface area contributed by atoms with Crippen LogP contribution in [0.2, 0.25) is 0 Å². The SMILES string of the molecule is [B]c1cc(CC)cc(C)c1-c1ccc(C)cc1. The van der Waals surface area contributed by atoms with Crippen molar-refractivity contribution >= 4 is 13.3 Å². The number of benzene rings is 2. The Labute approximate surface area is 105 Å². The van der Waals surface area contributed by atoms with Crippen molar-refractivity contribution in [2.24, 2.45) is 0 Å². The quantitative estimate of drug-likeness (QED) is 0.681. The second kappa shape index (κ2) is 4.79. The highest BCUT2D eigenvalue weighted by molar-refractivity contribution is 6.36. The van der Waals surface area contributed by atoms with Gasteiger partial charge in [-0.1, -0.05) is 54.3 Å². The van der Waals surface area contributed by atoms with Crippen LogP contribution in [0.5, 0.6) is 0 Å². The van der Waals surface area contributed by atoms with Gasteiger partial charge in [-0.15, -0.1) is 0 Å². The Morgan fingerprint density at radius 1 is 1.00 bits per heavy atom. The molecule has 2 rings (SSSR count). The molecule has 2 aromatic rings. The van der Waals surface area contributed by atoms with E-state index in [-0.39, 0.29) is 0 Å². The maximum atomic E-state index is 6.17. The van der Waals surface area contributed by atoms with Crippen molar-refractivity contribution in [1.29, 1.82) is 0 Å². The van der Waals surface area contributed by atoms with Crippen molar-refractivity contribution in [2.45, 2.75) is 27.2 Å². The van der Waals surface area contributed by atoms with E-state index in [1.165, 1.54) is 27.8 Å². The van der Waals surface area contributed by atoms with E-state index in [1.54, 1.807) is 0 Å². The Balaban J connectivity index is 2.55. The van der Waals surface area contributed by atoms with Crippen molar-refractivity contribution in [3.05, 3.63) is 53.1 Å². The lowest BCUT2D eigenvalue weighted by atomic mass is 9.82. The van der Waals surface area contributed by atoms with E-state index >= 15 is 0 Å². The molecular weight excluding hydrogens is 203 g/mol. The van der Waals surface area contributed by atoms with Gasteiger partial charge in [-0.3, -0.25) is 0 Å². The summed E-state index contributed by atoms with van der Waals surface area (Å²) >= 11 is 0. The molecule has 0 aliphatic rings. The summed E-state index contributed by atoms with van der Waals surface area (Å²) in [5.74, 6) is 0. The van der Waals surface area contributed by atoms with Gasteiger partial charge in [0, 0.05) is 0 Å². The smallest absolute Gasteiger partial charge is 0.0884 e. The fourth-order valence-corrected chi connectivity index (χ4v) is 2.21. The van der Waals surface area contributed by atoms with Gasteiger partial charge in [0.05, 0.1) is 0 Å². The molecule has 0 saturated carbocycles. The zero-order valence-corrected chi connectivity index (χ0v) is 10.7. The number of hydrogen-bond acceptors (Lipinski definition) is 0. The third-order valence-corrected chi connectivity index (χ3v) is 3.17. The molecule has 1 heteroatoms. The van der Waals surface area contributed by atoms with Crippen LogP contribution >= 0.6 is 0 Å². The highest BCUT2D eigenvalue weighted by Crippen LogP contribution is 2.22. The van der Waals surface area contributed by atoms with Gasteiger partial charge in [0.25, 0.3) is 0 Å². The normalized spacial score (nSPS) is 10.5. The second-order valence-electron chi connectivity index (χ2n) is 4.60. The van der Waals surface area contributed by atoms with Gasteiger partial charge in [-0.25, -0.2) is 0 Å². The van der Waals surface area contributed by atoms with E-state index in [2.05, 4.69) is 57.2 Å². The van der Waals surface area contributed by atoms with Crippen LogP contribution in [0.25, 0.3) is 11.1 Å². The summed E-state index contributed by atoms with van der Waals surface area (Å²) in [6, 6.07) is 12.8. The fraction of sp³-hybridized carbons (Fsp3) is 0.250. The molecule has 0 aromatic heterocycles. The molecule has 0 heterocycles. The topological polar surface area (TPSA) is 0 Å². The summed E-state index contributed by atoms with van der Waals surface area (Å²) in [5.41, 5.74) is 7.08. The van der Waals surface area contributed by atoms with Crippen LogP contribution in [0.15, 0.2) is 36.4 Å². The predicted molar refractivity (Wildman–Crippen MR) is 76.1 cm³/mol. The second-order valence-corrected chi connectivity index (χ2v) is 4.60. The van der Waals surface area contributed by atoms with Crippen molar-refractivity contribution in [3.8, 4) is 11.1 Å². The van der Waals surface area contributed by atoms with E-state index in [0.717, 1.165) is 11.9 Å². The molecule has 2 radical (unpaired) electrons. The molecule has 0 unspecified atom stereocenters. The van der Waals surface area contributed by atoms with Gasteiger partial charge in [0.1, 0.15) is 7.85 Å². The van der Waals surface area contributed by atoms with Gasteiger partial charge in [-0.05, 0) is 42.5 Å². The molecular formula is C16H17B. The van der Waals surface area contributed by atoms with Gasteiger partial charge in [0.2, 0.25) is 0 Å². The van der Waals surface area contributed by atoms with Crippen LogP contribution in [0, 0.1) is 13.8 Å². The molecule has 84 valence electrons. The van der Waals surface area contributed by atoms with Crippen LogP contribution in [-0.4, -0.2) is 7.85 Å². The van der Waals surface area contributed by atoms with Gasteiger partial charge >= 0.3 is 0 Å². The molecule has 0 saturated heterocycles.